The molecule has 1 unspecified atom stereocenters. The molecule has 164 valence electrons. The zero-order valence-electron chi connectivity index (χ0n) is 19.5. The molecule has 8 heteroatoms. The summed E-state index contributed by atoms with van der Waals surface area (Å²) in [6.07, 6.45) is -1.54. The van der Waals surface area contributed by atoms with Crippen molar-refractivity contribution in [2.45, 2.75) is 111 Å². The Bertz CT molecular complexity index is 515. The van der Waals surface area contributed by atoms with Crippen LogP contribution >= 0.6 is 0 Å². The Kier molecular flexibility index (Phi) is 8.01. The van der Waals surface area contributed by atoms with Crippen molar-refractivity contribution in [3.8, 4) is 0 Å². The van der Waals surface area contributed by atoms with Gasteiger partial charge in [0.05, 0.1) is 17.2 Å². The zero-order valence-corrected chi connectivity index (χ0v) is 19.5. The number of amides is 1. The third-order valence-corrected chi connectivity index (χ3v) is 5.39. The van der Waals surface area contributed by atoms with E-state index in [1.165, 1.54) is 0 Å². The van der Waals surface area contributed by atoms with Gasteiger partial charge < -0.3 is 24.5 Å². The van der Waals surface area contributed by atoms with E-state index < -0.39 is 42.3 Å². The summed E-state index contributed by atoms with van der Waals surface area (Å²) in [6, 6.07) is -0.529. The van der Waals surface area contributed by atoms with Crippen LogP contribution in [0, 0.1) is 11.8 Å². The van der Waals surface area contributed by atoms with E-state index in [2.05, 4.69) is 10.6 Å². The zero-order chi connectivity index (χ0) is 22.1. The highest BCUT2D eigenvalue weighted by molar-refractivity contribution is 6.47. The Balaban J connectivity index is 2.88. The van der Waals surface area contributed by atoms with Crippen molar-refractivity contribution in [3.63, 3.8) is 0 Å². The molecule has 0 aliphatic carbocycles. The second-order valence-electron chi connectivity index (χ2n) is 10.4. The van der Waals surface area contributed by atoms with Gasteiger partial charge in [0, 0.05) is 5.94 Å². The first kappa shape index (κ1) is 25.2. The molecular weight excluding hydrogens is 359 g/mol. The largest absolute Gasteiger partial charge is 0.476 e. The Labute approximate surface area is 171 Å². The molecule has 1 aliphatic heterocycles. The molecule has 0 radical (unpaired) electrons. The topological polar surface area (TPSA) is 89.1 Å². The second-order valence-corrected chi connectivity index (χ2v) is 10.4. The Hall–Kier alpha value is -0.825. The molecule has 0 spiro atoms. The van der Waals surface area contributed by atoms with Gasteiger partial charge >= 0.3 is 13.2 Å². The second kappa shape index (κ2) is 8.90. The number of carbonyl (C=O) groups excluding carboxylic acids is 1. The lowest BCUT2D eigenvalue weighted by Gasteiger charge is -2.34. The lowest BCUT2D eigenvalue weighted by Crippen LogP contribution is -2.60. The molecular formula is C20H41BN2O5. The van der Waals surface area contributed by atoms with Gasteiger partial charge in [-0.15, -0.1) is 0 Å². The third kappa shape index (κ3) is 6.61. The Morgan fingerprint density at radius 2 is 1.46 bits per heavy atom. The van der Waals surface area contributed by atoms with Crippen LogP contribution in [0.2, 0.25) is 0 Å². The van der Waals surface area contributed by atoms with Crippen LogP contribution in [0.1, 0.15) is 76.2 Å². The molecule has 28 heavy (non-hydrogen) atoms. The van der Waals surface area contributed by atoms with Crippen molar-refractivity contribution in [1.29, 1.82) is 0 Å². The molecule has 1 aliphatic rings. The molecule has 1 rings (SSSR count). The van der Waals surface area contributed by atoms with Gasteiger partial charge in [0.2, 0.25) is 0 Å². The number of carbonyl (C=O) groups is 1. The molecule has 1 amide bonds. The van der Waals surface area contributed by atoms with Crippen LogP contribution in [-0.4, -0.2) is 53.3 Å². The number of hydrogen-bond acceptors (Lipinski definition) is 6. The van der Waals surface area contributed by atoms with Gasteiger partial charge in [-0.2, -0.15) is 0 Å². The number of nitrogens with one attached hydrogen (secondary N) is 2. The molecule has 3 atom stereocenters. The van der Waals surface area contributed by atoms with Crippen LogP contribution in [0.5, 0.6) is 0 Å². The average Bonchev–Trinajstić information content (AvgIpc) is 2.67. The highest BCUT2D eigenvalue weighted by Crippen LogP contribution is 2.38. The minimum atomic E-state index is -0.987. The van der Waals surface area contributed by atoms with Crippen molar-refractivity contribution in [2.75, 3.05) is 0 Å². The average molecular weight is 400 g/mol. The monoisotopic (exact) mass is 400 g/mol. The van der Waals surface area contributed by atoms with Gasteiger partial charge in [0.15, 0.2) is 0 Å². The lowest BCUT2D eigenvalue weighted by atomic mass is 9.71. The van der Waals surface area contributed by atoms with E-state index in [0.29, 0.717) is 0 Å². The molecule has 0 aromatic carbocycles. The number of rotatable bonds is 7. The quantitative estimate of drug-likeness (QED) is 0.450. The summed E-state index contributed by atoms with van der Waals surface area (Å²) in [5, 5.41) is 16.9. The summed E-state index contributed by atoms with van der Waals surface area (Å²) >= 11 is 0. The first-order chi connectivity index (χ1) is 12.5. The first-order valence-electron chi connectivity index (χ1n) is 10.3. The lowest BCUT2D eigenvalue weighted by molar-refractivity contribution is 0.00578. The highest BCUT2D eigenvalue weighted by atomic mass is 16.7. The van der Waals surface area contributed by atoms with Crippen molar-refractivity contribution in [3.05, 3.63) is 0 Å². The predicted octanol–water partition coefficient (Wildman–Crippen LogP) is 3.10. The van der Waals surface area contributed by atoms with Crippen LogP contribution in [-0.2, 0) is 14.0 Å². The maximum absolute atomic E-state index is 12.2. The van der Waals surface area contributed by atoms with E-state index in [4.69, 9.17) is 14.0 Å². The van der Waals surface area contributed by atoms with Gasteiger partial charge in [0.1, 0.15) is 11.8 Å². The minimum absolute atomic E-state index is 0.0128. The number of alkyl carbamates (subject to hydrolysis) is 1. The van der Waals surface area contributed by atoms with E-state index in [1.54, 1.807) is 20.8 Å². The van der Waals surface area contributed by atoms with Crippen LogP contribution in [0.4, 0.5) is 4.79 Å². The van der Waals surface area contributed by atoms with Gasteiger partial charge in [-0.1, -0.05) is 27.7 Å². The summed E-state index contributed by atoms with van der Waals surface area (Å²) in [5.74, 6) is -0.127. The van der Waals surface area contributed by atoms with Crippen LogP contribution < -0.4 is 10.6 Å². The number of hydrogen-bond donors (Lipinski definition) is 3. The summed E-state index contributed by atoms with van der Waals surface area (Å²) in [6.45, 7) is 21.4. The molecule has 1 heterocycles. The first-order valence-corrected chi connectivity index (χ1v) is 10.3. The third-order valence-electron chi connectivity index (χ3n) is 5.39. The normalized spacial score (nSPS) is 22.3. The fraction of sp³-hybridized carbons (Fsp3) is 0.950. The summed E-state index contributed by atoms with van der Waals surface area (Å²) in [4.78, 5) is 12.2. The molecule has 0 aromatic heterocycles. The van der Waals surface area contributed by atoms with Gasteiger partial charge in [-0.25, -0.2) is 4.79 Å². The van der Waals surface area contributed by atoms with Crippen LogP contribution in [0.25, 0.3) is 0 Å². The smallest absolute Gasteiger partial charge is 0.444 e. The fourth-order valence-electron chi connectivity index (χ4n) is 2.98. The summed E-state index contributed by atoms with van der Waals surface area (Å²) in [5.41, 5.74) is -1.51. The maximum atomic E-state index is 12.2. The molecule has 0 saturated carbocycles. The number of ether oxygens (including phenoxy) is 1. The van der Waals surface area contributed by atoms with E-state index in [9.17, 15) is 9.90 Å². The molecule has 0 aromatic rings. The standard InChI is InChI=1S/C20H41BN2O5/c1-12(2)14(22-17(25)26-18(5,6)7)16(24)23-15(13(3)4)21-27-19(8,9)20(10,11)28-21/h12-16,23-24H,1-11H3,(H,22,25)/t14?,15-,16+/m1/s1. The van der Waals surface area contributed by atoms with Crippen LogP contribution in [0.3, 0.4) is 0 Å². The fourth-order valence-corrected chi connectivity index (χ4v) is 2.98. The van der Waals surface area contributed by atoms with Crippen molar-refractivity contribution in [1.82, 2.24) is 10.6 Å². The number of aliphatic hydroxyl groups excluding tert-OH is 1. The van der Waals surface area contributed by atoms with Gasteiger partial charge in [-0.05, 0) is 60.3 Å². The summed E-state index contributed by atoms with van der Waals surface area (Å²) in [7, 11) is -0.506. The van der Waals surface area contributed by atoms with Gasteiger partial charge in [-0.3, -0.25) is 5.32 Å². The van der Waals surface area contributed by atoms with Crippen molar-refractivity contribution in [2.24, 2.45) is 11.8 Å². The number of aliphatic hydroxyl groups is 1. The molecule has 7 nitrogen and oxygen atoms in total. The van der Waals surface area contributed by atoms with Gasteiger partial charge in [0.25, 0.3) is 0 Å². The summed E-state index contributed by atoms with van der Waals surface area (Å²) < 4.78 is 17.7. The van der Waals surface area contributed by atoms with Crippen molar-refractivity contribution < 1.29 is 23.9 Å². The highest BCUT2D eigenvalue weighted by Gasteiger charge is 2.54. The van der Waals surface area contributed by atoms with E-state index >= 15 is 0 Å². The van der Waals surface area contributed by atoms with Crippen molar-refractivity contribution >= 4 is 13.2 Å². The Morgan fingerprint density at radius 1 is 1.00 bits per heavy atom. The molecule has 0 bridgehead atoms. The predicted molar refractivity (Wildman–Crippen MR) is 112 cm³/mol. The SMILES string of the molecule is CC(C)C(NC(=O)OC(C)(C)C)[C@H](O)N[C@@H](B1OC(C)(C)C(C)(C)O1)C(C)C. The molecule has 1 saturated heterocycles. The van der Waals surface area contributed by atoms with Crippen LogP contribution in [0.15, 0.2) is 0 Å². The minimum Gasteiger partial charge on any atom is -0.444 e. The van der Waals surface area contributed by atoms with E-state index in [0.717, 1.165) is 0 Å². The van der Waals surface area contributed by atoms with E-state index in [-0.39, 0.29) is 17.8 Å². The van der Waals surface area contributed by atoms with E-state index in [1.807, 2.05) is 55.4 Å². The Morgan fingerprint density at radius 3 is 1.82 bits per heavy atom. The molecule has 3 N–H and O–H groups in total. The maximum Gasteiger partial charge on any atom is 0.476 e. The molecule has 1 fully saturated rings.